The van der Waals surface area contributed by atoms with E-state index in [9.17, 15) is 9.59 Å². The molecule has 4 rings (SSSR count). The van der Waals surface area contributed by atoms with Crippen LogP contribution in [0, 0.1) is 0 Å². The van der Waals surface area contributed by atoms with Crippen LogP contribution < -0.4 is 5.32 Å². The number of nitrogens with zero attached hydrogens (tertiary/aromatic N) is 4. The Morgan fingerprint density at radius 2 is 1.73 bits per heavy atom. The average molecular weight is 492 g/mol. The van der Waals surface area contributed by atoms with Gasteiger partial charge in [-0.1, -0.05) is 29.3 Å². The van der Waals surface area contributed by atoms with Gasteiger partial charge < -0.3 is 19.9 Å². The molecule has 1 atom stereocenters. The molecule has 8 nitrogen and oxygen atoms in total. The molecule has 1 aromatic heterocycles. The van der Waals surface area contributed by atoms with Crippen molar-refractivity contribution in [1.82, 2.24) is 19.6 Å². The molecule has 0 saturated carbocycles. The summed E-state index contributed by atoms with van der Waals surface area (Å²) in [5.74, 6) is 0.677. The van der Waals surface area contributed by atoms with Crippen molar-refractivity contribution in [3.8, 4) is 0 Å². The maximum atomic E-state index is 13.7. The summed E-state index contributed by atoms with van der Waals surface area (Å²) in [6.07, 6.45) is 1.33. The van der Waals surface area contributed by atoms with Crippen LogP contribution in [0.5, 0.6) is 0 Å². The molecule has 0 radical (unpaired) electrons. The minimum absolute atomic E-state index is 0.110. The minimum atomic E-state index is -0.561. The van der Waals surface area contributed by atoms with Gasteiger partial charge in [0, 0.05) is 37.9 Å². The van der Waals surface area contributed by atoms with Crippen molar-refractivity contribution < 1.29 is 14.3 Å². The fourth-order valence-electron chi connectivity index (χ4n) is 4.06. The number of carbonyl (C=O) groups excluding carboxylic acids is 2. The Hall–Kier alpha value is -2.71. The first-order chi connectivity index (χ1) is 15.5. The molecule has 0 aliphatic carbocycles. The standard InChI is InChI=1S/C23H27Cl2N5O3/c1-14-19(21(31)28-9-11-29(12-10-28)22(32)33-23(2,3)4)20(30-18(27-14)7-8-26-30)15-5-6-16(24)17(25)13-15/h5-8,13,20,27H,9-12H2,1-4H3. The highest BCUT2D eigenvalue weighted by atomic mass is 35.5. The lowest BCUT2D eigenvalue weighted by molar-refractivity contribution is -0.129. The van der Waals surface area contributed by atoms with Crippen molar-refractivity contribution in [2.45, 2.75) is 39.3 Å². The molecule has 1 N–H and O–H groups in total. The summed E-state index contributed by atoms with van der Waals surface area (Å²) >= 11 is 12.4. The summed E-state index contributed by atoms with van der Waals surface area (Å²) in [6.45, 7) is 9.03. The van der Waals surface area contributed by atoms with Gasteiger partial charge in [-0.05, 0) is 45.4 Å². The van der Waals surface area contributed by atoms with Gasteiger partial charge in [0.15, 0.2) is 0 Å². The van der Waals surface area contributed by atoms with E-state index in [4.69, 9.17) is 27.9 Å². The molecule has 176 valence electrons. The van der Waals surface area contributed by atoms with Gasteiger partial charge >= 0.3 is 6.09 Å². The highest BCUT2D eigenvalue weighted by Crippen LogP contribution is 2.38. The van der Waals surface area contributed by atoms with Gasteiger partial charge in [0.25, 0.3) is 5.91 Å². The summed E-state index contributed by atoms with van der Waals surface area (Å²) in [5, 5.41) is 8.59. The fraction of sp³-hybridized carbons (Fsp3) is 0.435. The number of hydrogen-bond donors (Lipinski definition) is 1. The third-order valence-corrected chi connectivity index (χ3v) is 6.36. The van der Waals surface area contributed by atoms with Crippen LogP contribution >= 0.6 is 23.2 Å². The van der Waals surface area contributed by atoms with Crippen LogP contribution in [0.1, 0.15) is 39.3 Å². The van der Waals surface area contributed by atoms with E-state index in [0.29, 0.717) is 41.8 Å². The molecule has 0 spiro atoms. The third kappa shape index (κ3) is 4.82. The molecular weight excluding hydrogens is 465 g/mol. The molecule has 10 heteroatoms. The number of allylic oxidation sites excluding steroid dienone is 1. The number of amides is 2. The van der Waals surface area contributed by atoms with Crippen molar-refractivity contribution in [3.63, 3.8) is 0 Å². The fourth-order valence-corrected chi connectivity index (χ4v) is 4.37. The Balaban J connectivity index is 1.58. The van der Waals surface area contributed by atoms with Crippen LogP contribution in [0.2, 0.25) is 10.0 Å². The number of nitrogens with one attached hydrogen (secondary N) is 1. The highest BCUT2D eigenvalue weighted by molar-refractivity contribution is 6.42. The molecule has 2 aliphatic rings. The predicted molar refractivity (Wildman–Crippen MR) is 128 cm³/mol. The van der Waals surface area contributed by atoms with Crippen LogP contribution in [0.25, 0.3) is 0 Å². The lowest BCUT2D eigenvalue weighted by atomic mass is 9.94. The lowest BCUT2D eigenvalue weighted by Gasteiger charge is -2.38. The second-order valence-corrected chi connectivity index (χ2v) is 9.97. The number of fused-ring (bicyclic) bond motifs is 1. The molecule has 1 fully saturated rings. The second kappa shape index (κ2) is 8.91. The van der Waals surface area contributed by atoms with Gasteiger partial charge in [-0.3, -0.25) is 4.79 Å². The van der Waals surface area contributed by atoms with Crippen molar-refractivity contribution in [1.29, 1.82) is 0 Å². The number of halogens is 2. The van der Waals surface area contributed by atoms with Gasteiger partial charge in [0.1, 0.15) is 17.5 Å². The van der Waals surface area contributed by atoms with Crippen LogP contribution in [0.4, 0.5) is 10.6 Å². The van der Waals surface area contributed by atoms with E-state index in [1.165, 1.54) is 0 Å². The van der Waals surface area contributed by atoms with Crippen molar-refractivity contribution in [3.05, 3.63) is 57.3 Å². The first kappa shape index (κ1) is 23.4. The molecule has 2 aromatic rings. The maximum absolute atomic E-state index is 13.7. The molecule has 3 heterocycles. The van der Waals surface area contributed by atoms with Crippen molar-refractivity contribution in [2.75, 3.05) is 31.5 Å². The minimum Gasteiger partial charge on any atom is -0.444 e. The largest absolute Gasteiger partial charge is 0.444 e. The van der Waals surface area contributed by atoms with Crippen molar-refractivity contribution >= 4 is 41.0 Å². The van der Waals surface area contributed by atoms with Gasteiger partial charge in [0.05, 0.1) is 21.8 Å². The Morgan fingerprint density at radius 3 is 2.36 bits per heavy atom. The summed E-state index contributed by atoms with van der Waals surface area (Å²) in [4.78, 5) is 29.5. The van der Waals surface area contributed by atoms with Gasteiger partial charge in [0.2, 0.25) is 0 Å². The van der Waals surface area contributed by atoms with E-state index < -0.39 is 11.6 Å². The van der Waals surface area contributed by atoms with E-state index in [-0.39, 0.29) is 12.0 Å². The number of hydrogen-bond acceptors (Lipinski definition) is 5. The molecule has 0 bridgehead atoms. The number of anilines is 1. The van der Waals surface area contributed by atoms with E-state index in [1.807, 2.05) is 39.8 Å². The summed E-state index contributed by atoms with van der Waals surface area (Å²) < 4.78 is 7.24. The summed E-state index contributed by atoms with van der Waals surface area (Å²) in [6, 6.07) is 6.75. The summed E-state index contributed by atoms with van der Waals surface area (Å²) in [5.41, 5.74) is 1.58. The Morgan fingerprint density at radius 1 is 1.06 bits per heavy atom. The zero-order chi connectivity index (χ0) is 23.9. The zero-order valence-electron chi connectivity index (χ0n) is 19.1. The van der Waals surface area contributed by atoms with E-state index >= 15 is 0 Å². The normalized spacial score (nSPS) is 18.7. The van der Waals surface area contributed by atoms with Gasteiger partial charge in [-0.2, -0.15) is 5.10 Å². The van der Waals surface area contributed by atoms with Crippen LogP contribution in [-0.2, 0) is 9.53 Å². The molecule has 1 unspecified atom stereocenters. The second-order valence-electron chi connectivity index (χ2n) is 9.16. The number of piperazine rings is 1. The number of ether oxygens (including phenoxy) is 1. The smallest absolute Gasteiger partial charge is 0.410 e. The summed E-state index contributed by atoms with van der Waals surface area (Å²) in [7, 11) is 0. The quantitative estimate of drug-likeness (QED) is 0.665. The number of aromatic nitrogens is 2. The highest BCUT2D eigenvalue weighted by Gasteiger charge is 2.36. The van der Waals surface area contributed by atoms with E-state index in [0.717, 1.165) is 17.1 Å². The number of rotatable bonds is 2. The lowest BCUT2D eigenvalue weighted by Crippen LogP contribution is -2.52. The van der Waals surface area contributed by atoms with Crippen LogP contribution in [0.15, 0.2) is 41.7 Å². The number of benzene rings is 1. The van der Waals surface area contributed by atoms with Gasteiger partial charge in [-0.15, -0.1) is 0 Å². The maximum Gasteiger partial charge on any atom is 0.410 e. The van der Waals surface area contributed by atoms with Crippen LogP contribution in [0.3, 0.4) is 0 Å². The average Bonchev–Trinajstić information content (AvgIpc) is 3.21. The molecule has 1 aromatic carbocycles. The first-order valence-corrected chi connectivity index (χ1v) is 11.5. The van der Waals surface area contributed by atoms with E-state index in [2.05, 4.69) is 10.4 Å². The molecule has 2 amide bonds. The number of carbonyl (C=O) groups is 2. The monoisotopic (exact) mass is 491 g/mol. The SMILES string of the molecule is CC1=C(C(=O)N2CCN(C(=O)OC(C)(C)C)CC2)C(c2ccc(Cl)c(Cl)c2)n2nccc2N1. The predicted octanol–water partition coefficient (Wildman–Crippen LogP) is 4.56. The van der Waals surface area contributed by atoms with E-state index in [1.54, 1.807) is 32.8 Å². The third-order valence-electron chi connectivity index (χ3n) is 5.62. The van der Waals surface area contributed by atoms with Gasteiger partial charge in [-0.25, -0.2) is 9.48 Å². The topological polar surface area (TPSA) is 79.7 Å². The van der Waals surface area contributed by atoms with Crippen molar-refractivity contribution in [2.24, 2.45) is 0 Å². The van der Waals surface area contributed by atoms with Crippen LogP contribution in [-0.4, -0.2) is 63.4 Å². The molecule has 1 saturated heterocycles. The molecule has 2 aliphatic heterocycles. The molecule has 33 heavy (non-hydrogen) atoms. The Kier molecular flexibility index (Phi) is 6.33. The Labute approximate surface area is 203 Å². The first-order valence-electron chi connectivity index (χ1n) is 10.8. The molecular formula is C23H27Cl2N5O3. The zero-order valence-corrected chi connectivity index (χ0v) is 20.6. The Bertz CT molecular complexity index is 1110.